The molecule has 1 aromatic heterocycles. The summed E-state index contributed by atoms with van der Waals surface area (Å²) in [6.07, 6.45) is 6.62. The van der Waals surface area contributed by atoms with Crippen LogP contribution in [-0.2, 0) is 39.0 Å². The number of likely N-dealkylation sites (N-methyl/N-ethyl adjacent to an activating group) is 1. The second kappa shape index (κ2) is 7.66. The molecule has 0 saturated carbocycles. The second-order valence-corrected chi connectivity index (χ2v) is 9.27. The van der Waals surface area contributed by atoms with Crippen LogP contribution in [0.5, 0.6) is 0 Å². The quantitative estimate of drug-likeness (QED) is 0.427. The number of nitrogens with zero attached hydrogens (tertiary/aromatic N) is 1. The molecule has 0 amide bonds. The fourth-order valence-corrected chi connectivity index (χ4v) is 5.10. The minimum atomic E-state index is -0.428. The van der Waals surface area contributed by atoms with Crippen LogP contribution in [0.4, 0.5) is 5.69 Å². The molecular weight excluding hydrogens is 402 g/mol. The van der Waals surface area contributed by atoms with Crippen molar-refractivity contribution >= 4 is 28.4 Å². The third kappa shape index (κ3) is 3.42. The van der Waals surface area contributed by atoms with Gasteiger partial charge in [0.2, 0.25) is 0 Å². The Kier molecular flexibility index (Phi) is 4.92. The van der Waals surface area contributed by atoms with E-state index in [9.17, 15) is 9.59 Å². The number of benzene rings is 2. The van der Waals surface area contributed by atoms with Gasteiger partial charge in [0, 0.05) is 40.9 Å². The lowest BCUT2D eigenvalue weighted by Crippen LogP contribution is -2.25. The Labute approximate surface area is 187 Å². The van der Waals surface area contributed by atoms with Crippen LogP contribution in [0.15, 0.2) is 58.9 Å². The largest absolute Gasteiger partial charge is 0.464 e. The summed E-state index contributed by atoms with van der Waals surface area (Å²) in [5, 5.41) is 0.961. The van der Waals surface area contributed by atoms with Gasteiger partial charge < -0.3 is 14.1 Å². The molecule has 5 rings (SSSR count). The summed E-state index contributed by atoms with van der Waals surface area (Å²) in [7, 11) is 1.96. The van der Waals surface area contributed by atoms with Crippen LogP contribution in [0.2, 0.25) is 0 Å². The van der Waals surface area contributed by atoms with Crippen molar-refractivity contribution in [1.29, 1.82) is 0 Å². The first-order valence-electron chi connectivity index (χ1n) is 11.1. The Balaban J connectivity index is 1.25. The zero-order chi connectivity index (χ0) is 22.5. The molecule has 0 fully saturated rings. The van der Waals surface area contributed by atoms with E-state index in [1.165, 1.54) is 16.7 Å². The van der Waals surface area contributed by atoms with E-state index in [1.807, 2.05) is 30.1 Å². The number of ketones is 1. The summed E-state index contributed by atoms with van der Waals surface area (Å²) >= 11 is 0. The topological polar surface area (TPSA) is 59.8 Å². The predicted molar refractivity (Wildman–Crippen MR) is 124 cm³/mol. The predicted octanol–water partition coefficient (Wildman–Crippen LogP) is 4.89. The monoisotopic (exact) mass is 429 g/mol. The van der Waals surface area contributed by atoms with E-state index in [-0.39, 0.29) is 24.2 Å². The van der Waals surface area contributed by atoms with E-state index in [4.69, 9.17) is 9.15 Å². The summed E-state index contributed by atoms with van der Waals surface area (Å²) in [5.41, 5.74) is 7.15. The molecule has 0 atom stereocenters. The number of allylic oxidation sites excluding steroid dienone is 1. The van der Waals surface area contributed by atoms with Crippen LogP contribution < -0.4 is 4.90 Å². The normalized spacial score (nSPS) is 17.6. The minimum Gasteiger partial charge on any atom is -0.464 e. The molecule has 0 spiro atoms. The highest BCUT2D eigenvalue weighted by Crippen LogP contribution is 2.46. The van der Waals surface area contributed by atoms with Crippen LogP contribution >= 0.6 is 0 Å². The zero-order valence-corrected chi connectivity index (χ0v) is 18.7. The number of esters is 1. The molecule has 3 aromatic rings. The van der Waals surface area contributed by atoms with Gasteiger partial charge >= 0.3 is 5.97 Å². The number of hydrogen-bond acceptors (Lipinski definition) is 5. The molecule has 2 aliphatic rings. The van der Waals surface area contributed by atoms with E-state index >= 15 is 0 Å². The molecule has 0 unspecified atom stereocenters. The van der Waals surface area contributed by atoms with Gasteiger partial charge in [0.1, 0.15) is 5.58 Å². The summed E-state index contributed by atoms with van der Waals surface area (Å²) < 4.78 is 11.0. The first-order valence-corrected chi connectivity index (χ1v) is 11.1. The summed E-state index contributed by atoms with van der Waals surface area (Å²) in [4.78, 5) is 27.1. The summed E-state index contributed by atoms with van der Waals surface area (Å²) in [5.74, 6) is -0.654. The summed E-state index contributed by atoms with van der Waals surface area (Å²) in [6.45, 7) is 3.93. The van der Waals surface area contributed by atoms with Crippen LogP contribution in [-0.4, -0.2) is 25.4 Å². The first kappa shape index (κ1) is 20.6. The highest BCUT2D eigenvalue weighted by atomic mass is 16.5. The Morgan fingerprint density at radius 2 is 1.91 bits per heavy atom. The number of carbonyl (C=O) groups excluding carboxylic acids is 2. The van der Waals surface area contributed by atoms with E-state index in [0.29, 0.717) is 0 Å². The van der Waals surface area contributed by atoms with Crippen molar-refractivity contribution < 1.29 is 18.7 Å². The molecule has 2 heterocycles. The fraction of sp³-hybridized carbons (Fsp3) is 0.333. The highest BCUT2D eigenvalue weighted by molar-refractivity contribution is 5.95. The van der Waals surface area contributed by atoms with Crippen LogP contribution in [0.25, 0.3) is 11.0 Å². The van der Waals surface area contributed by atoms with Crippen molar-refractivity contribution in [3.8, 4) is 0 Å². The number of furan rings is 1. The van der Waals surface area contributed by atoms with Crippen LogP contribution in [0.3, 0.4) is 0 Å². The van der Waals surface area contributed by atoms with E-state index < -0.39 is 5.97 Å². The number of para-hydroxylation sites is 1. The second-order valence-electron chi connectivity index (χ2n) is 9.27. The van der Waals surface area contributed by atoms with Crippen molar-refractivity contribution in [3.63, 3.8) is 0 Å². The molecule has 2 aromatic carbocycles. The SMILES string of the molecule is CN1/C(=C\C(=O)COC(=O)Cc2coc3cc4c(cc23)CCC4)C(C)(C)c2ccccc21. The molecule has 1 aliphatic carbocycles. The third-order valence-corrected chi connectivity index (χ3v) is 6.82. The van der Waals surface area contributed by atoms with Gasteiger partial charge in [-0.3, -0.25) is 9.59 Å². The van der Waals surface area contributed by atoms with Crippen molar-refractivity contribution in [1.82, 2.24) is 0 Å². The highest BCUT2D eigenvalue weighted by Gasteiger charge is 2.38. The molecule has 164 valence electrons. The zero-order valence-electron chi connectivity index (χ0n) is 18.7. The van der Waals surface area contributed by atoms with Crippen LogP contribution in [0.1, 0.15) is 42.5 Å². The van der Waals surface area contributed by atoms with Gasteiger partial charge in [-0.25, -0.2) is 0 Å². The van der Waals surface area contributed by atoms with Crippen molar-refractivity contribution in [3.05, 3.63) is 76.7 Å². The van der Waals surface area contributed by atoms with E-state index in [2.05, 4.69) is 32.0 Å². The lowest BCUT2D eigenvalue weighted by Gasteiger charge is -2.23. The number of hydrogen-bond donors (Lipinski definition) is 0. The number of fused-ring (bicyclic) bond motifs is 3. The summed E-state index contributed by atoms with van der Waals surface area (Å²) in [6, 6.07) is 12.4. The van der Waals surface area contributed by atoms with Gasteiger partial charge in [-0.2, -0.15) is 0 Å². The smallest absolute Gasteiger partial charge is 0.310 e. The van der Waals surface area contributed by atoms with Gasteiger partial charge in [0.15, 0.2) is 12.4 Å². The van der Waals surface area contributed by atoms with Crippen molar-refractivity contribution in [2.75, 3.05) is 18.6 Å². The van der Waals surface area contributed by atoms with Crippen molar-refractivity contribution in [2.24, 2.45) is 0 Å². The fourth-order valence-electron chi connectivity index (χ4n) is 5.10. The van der Waals surface area contributed by atoms with Gasteiger partial charge in [0.05, 0.1) is 12.7 Å². The number of ether oxygens (including phenoxy) is 1. The molecule has 0 radical (unpaired) electrons. The molecule has 5 nitrogen and oxygen atoms in total. The van der Waals surface area contributed by atoms with E-state index in [1.54, 1.807) is 12.3 Å². The number of anilines is 1. The first-order chi connectivity index (χ1) is 15.3. The lowest BCUT2D eigenvalue weighted by atomic mass is 9.83. The minimum absolute atomic E-state index is 0.0898. The van der Waals surface area contributed by atoms with E-state index in [0.717, 1.165) is 47.2 Å². The van der Waals surface area contributed by atoms with Gasteiger partial charge in [0.25, 0.3) is 0 Å². The van der Waals surface area contributed by atoms with Crippen LogP contribution in [0, 0.1) is 0 Å². The maximum atomic E-state index is 12.6. The molecular formula is C27H27NO4. The Bertz CT molecular complexity index is 1260. The molecule has 32 heavy (non-hydrogen) atoms. The Morgan fingerprint density at radius 1 is 1.16 bits per heavy atom. The van der Waals surface area contributed by atoms with Gasteiger partial charge in [-0.05, 0) is 54.2 Å². The molecule has 0 N–H and O–H groups in total. The third-order valence-electron chi connectivity index (χ3n) is 6.82. The Hall–Kier alpha value is -3.34. The number of carbonyl (C=O) groups is 2. The number of aryl methyl sites for hydroxylation is 2. The maximum Gasteiger partial charge on any atom is 0.310 e. The molecule has 1 aliphatic heterocycles. The molecule has 5 heteroatoms. The molecule has 0 saturated heterocycles. The lowest BCUT2D eigenvalue weighted by molar-refractivity contribution is -0.146. The molecule has 0 bridgehead atoms. The Morgan fingerprint density at radius 3 is 2.69 bits per heavy atom. The van der Waals surface area contributed by atoms with Crippen molar-refractivity contribution in [2.45, 2.75) is 44.9 Å². The average Bonchev–Trinajstić information content (AvgIpc) is 3.44. The van der Waals surface area contributed by atoms with Gasteiger partial charge in [-0.1, -0.05) is 32.0 Å². The standard InChI is InChI=1S/C27H27NO4/c1-27(2)22-9-4-5-10-23(22)28(3)25(27)14-20(29)16-32-26(30)13-19-15-31-24-12-18-8-6-7-17(18)11-21(19)24/h4-5,9-12,14-15H,6-8,13,16H2,1-3H3/b25-14-. The average molecular weight is 430 g/mol. The number of rotatable bonds is 5. The van der Waals surface area contributed by atoms with Gasteiger partial charge in [-0.15, -0.1) is 0 Å². The maximum absolute atomic E-state index is 12.6.